The highest BCUT2D eigenvalue weighted by molar-refractivity contribution is 5.90. The molecule has 246 valence electrons. The number of para-hydroxylation sites is 1. The third-order valence-electron chi connectivity index (χ3n) is 7.26. The Labute approximate surface area is 262 Å². The van der Waals surface area contributed by atoms with Crippen LogP contribution in [-0.4, -0.2) is 70.9 Å². The van der Waals surface area contributed by atoms with E-state index >= 15 is 0 Å². The Morgan fingerprint density at radius 2 is 1.59 bits per heavy atom. The number of carbonyl (C=O) groups excluding carboxylic acids is 4. The van der Waals surface area contributed by atoms with Gasteiger partial charge in [-0.1, -0.05) is 78.2 Å². The van der Waals surface area contributed by atoms with Crippen molar-refractivity contribution >= 4 is 34.5 Å². The number of hydrogen-bond donors (Lipinski definition) is 6. The lowest BCUT2D eigenvalue weighted by atomic mass is 10.0. The molecule has 1 atom stereocenters. The Kier molecular flexibility index (Phi) is 19.6. The van der Waals surface area contributed by atoms with Crippen LogP contribution in [0.1, 0.15) is 91.0 Å². The Bertz CT molecular complexity index is 1120. The largest absolute Gasteiger partial charge is 0.362 e. The smallest absolute Gasteiger partial charge is 0.243 e. The zero-order chi connectivity index (χ0) is 32.7. The van der Waals surface area contributed by atoms with E-state index in [9.17, 15) is 19.2 Å². The molecule has 11 nitrogen and oxygen atoms in total. The Morgan fingerprint density at radius 3 is 2.23 bits per heavy atom. The number of aromatic nitrogens is 1. The van der Waals surface area contributed by atoms with Crippen molar-refractivity contribution < 1.29 is 24.4 Å². The molecular formula is C33H54N6O5. The van der Waals surface area contributed by atoms with Gasteiger partial charge in [0.1, 0.15) is 6.04 Å². The van der Waals surface area contributed by atoms with E-state index in [1.165, 1.54) is 29.3 Å². The standard InChI is InChI=1S/C13H20N4O3.C10H11N.C6H13NO2.C4H10/c1-9-6-14-11(18)7-15-12(19)8-16-13(20)10-4-2-3-5-17(9)10;1-2-8-7-11-10-6-4-3-5-9(8)10;1-2-3-4-5-6(8)7-9;1-3-4-2/h10H,1-8H2,(H,14,18)(H,15,19)(H,16,20);3-7,11H,2H2,1H3;9H,2-5H2,1H3,(H,7,8);3-4H2,1-2H3. The molecule has 2 aliphatic rings. The van der Waals surface area contributed by atoms with E-state index in [0.29, 0.717) is 13.0 Å². The van der Waals surface area contributed by atoms with Crippen molar-refractivity contribution in [1.82, 2.24) is 31.3 Å². The van der Waals surface area contributed by atoms with E-state index in [2.05, 4.69) is 85.7 Å². The van der Waals surface area contributed by atoms with Crippen LogP contribution in [0.15, 0.2) is 42.7 Å². The number of carbonyl (C=O) groups is 4. The third kappa shape index (κ3) is 14.5. The molecule has 2 saturated heterocycles. The molecule has 4 rings (SSSR count). The number of unbranched alkanes of at least 4 members (excludes halogenated alkanes) is 3. The third-order valence-corrected chi connectivity index (χ3v) is 7.26. The molecule has 3 heterocycles. The maximum absolute atomic E-state index is 12.2. The first-order chi connectivity index (χ1) is 21.2. The van der Waals surface area contributed by atoms with Gasteiger partial charge in [0.05, 0.1) is 19.6 Å². The maximum Gasteiger partial charge on any atom is 0.243 e. The minimum atomic E-state index is -0.366. The summed E-state index contributed by atoms with van der Waals surface area (Å²) >= 11 is 0. The second-order valence-corrected chi connectivity index (χ2v) is 10.7. The number of H-pyrrole nitrogens is 1. The van der Waals surface area contributed by atoms with Gasteiger partial charge < -0.3 is 25.8 Å². The van der Waals surface area contributed by atoms with Crippen LogP contribution in [0.4, 0.5) is 0 Å². The van der Waals surface area contributed by atoms with E-state index < -0.39 is 0 Å². The number of nitrogens with zero attached hydrogens (tertiary/aromatic N) is 1. The van der Waals surface area contributed by atoms with Crippen molar-refractivity contribution in [1.29, 1.82) is 0 Å². The van der Waals surface area contributed by atoms with Crippen molar-refractivity contribution in [3.8, 4) is 0 Å². The first kappa shape index (κ1) is 38.2. The molecular weight excluding hydrogens is 560 g/mol. The molecule has 1 aromatic heterocycles. The number of hydrogen-bond acceptors (Lipinski definition) is 6. The van der Waals surface area contributed by atoms with Crippen LogP contribution in [0, 0.1) is 0 Å². The van der Waals surface area contributed by atoms with Crippen LogP contribution >= 0.6 is 0 Å². The zero-order valence-electron chi connectivity index (χ0n) is 27.1. The second kappa shape index (κ2) is 22.6. The summed E-state index contributed by atoms with van der Waals surface area (Å²) in [4.78, 5) is 50.7. The second-order valence-electron chi connectivity index (χ2n) is 10.7. The van der Waals surface area contributed by atoms with Crippen LogP contribution in [0.3, 0.4) is 0 Å². The summed E-state index contributed by atoms with van der Waals surface area (Å²) < 4.78 is 0. The SMILES string of the molecule is C=C1CNC(=O)CNC(=O)CNC(=O)C2CCCCN12.CCCC.CCCCCC(=O)NO.CCc1c[nH]c2ccccc12. The first-order valence-electron chi connectivity index (χ1n) is 16.0. The van der Waals surface area contributed by atoms with Crippen molar-refractivity contribution in [2.24, 2.45) is 0 Å². The minimum Gasteiger partial charge on any atom is -0.362 e. The molecule has 2 aromatic rings. The van der Waals surface area contributed by atoms with E-state index in [1.54, 1.807) is 5.48 Å². The molecule has 0 saturated carbocycles. The lowest BCUT2D eigenvalue weighted by Gasteiger charge is -2.37. The lowest BCUT2D eigenvalue weighted by Crippen LogP contribution is -2.53. The van der Waals surface area contributed by atoms with Crippen LogP contribution in [-0.2, 0) is 25.6 Å². The highest BCUT2D eigenvalue weighted by Crippen LogP contribution is 2.21. The number of benzene rings is 1. The quantitative estimate of drug-likeness (QED) is 0.162. The first-order valence-corrected chi connectivity index (χ1v) is 16.0. The molecule has 4 amide bonds. The van der Waals surface area contributed by atoms with Gasteiger partial charge in [0.25, 0.3) is 0 Å². The van der Waals surface area contributed by atoms with E-state index in [-0.39, 0.29) is 42.8 Å². The van der Waals surface area contributed by atoms with Crippen molar-refractivity contribution in [3.05, 3.63) is 48.3 Å². The number of aryl methyl sites for hydroxylation is 1. The Hall–Kier alpha value is -3.86. The maximum atomic E-state index is 12.2. The summed E-state index contributed by atoms with van der Waals surface area (Å²) in [5.41, 5.74) is 4.96. The van der Waals surface area contributed by atoms with Gasteiger partial charge in [0.2, 0.25) is 23.6 Å². The number of piperidine rings is 1. The summed E-state index contributed by atoms with van der Waals surface area (Å²) in [5.74, 6) is -1.08. The highest BCUT2D eigenvalue weighted by Gasteiger charge is 2.30. The monoisotopic (exact) mass is 614 g/mol. The highest BCUT2D eigenvalue weighted by atomic mass is 16.5. The number of aromatic amines is 1. The molecule has 0 aliphatic carbocycles. The molecule has 6 N–H and O–H groups in total. The van der Waals surface area contributed by atoms with Gasteiger partial charge in [0, 0.05) is 35.8 Å². The van der Waals surface area contributed by atoms with E-state index in [1.807, 2.05) is 4.90 Å². The van der Waals surface area contributed by atoms with Crippen molar-refractivity contribution in [3.63, 3.8) is 0 Å². The Morgan fingerprint density at radius 1 is 0.932 bits per heavy atom. The molecule has 44 heavy (non-hydrogen) atoms. The molecule has 0 bridgehead atoms. The van der Waals surface area contributed by atoms with Crippen LogP contribution in [0.5, 0.6) is 0 Å². The molecule has 0 spiro atoms. The van der Waals surface area contributed by atoms with Crippen LogP contribution < -0.4 is 21.4 Å². The zero-order valence-corrected chi connectivity index (χ0v) is 27.1. The number of hydroxylamine groups is 1. The van der Waals surface area contributed by atoms with Crippen LogP contribution in [0.2, 0.25) is 0 Å². The molecule has 2 aliphatic heterocycles. The number of rotatable bonds is 6. The van der Waals surface area contributed by atoms with Crippen molar-refractivity contribution in [2.75, 3.05) is 26.2 Å². The molecule has 1 unspecified atom stereocenters. The van der Waals surface area contributed by atoms with E-state index in [0.717, 1.165) is 57.2 Å². The number of amides is 4. The van der Waals surface area contributed by atoms with Gasteiger partial charge in [-0.25, -0.2) is 5.48 Å². The number of nitrogens with one attached hydrogen (secondary N) is 5. The number of fused-ring (bicyclic) bond motifs is 2. The van der Waals surface area contributed by atoms with Gasteiger partial charge in [-0.2, -0.15) is 0 Å². The minimum absolute atomic E-state index is 0.0919. The average Bonchev–Trinajstić information content (AvgIpc) is 3.48. The summed E-state index contributed by atoms with van der Waals surface area (Å²) in [5, 5.41) is 17.2. The summed E-state index contributed by atoms with van der Waals surface area (Å²) in [7, 11) is 0. The van der Waals surface area contributed by atoms with Gasteiger partial charge in [-0.05, 0) is 43.7 Å². The predicted octanol–water partition coefficient (Wildman–Crippen LogP) is 4.33. The topological polar surface area (TPSA) is 156 Å². The average molecular weight is 615 g/mol. The molecule has 1 aromatic carbocycles. The fourth-order valence-electron chi connectivity index (χ4n) is 4.49. The van der Waals surface area contributed by atoms with Crippen molar-refractivity contribution in [2.45, 2.75) is 97.9 Å². The van der Waals surface area contributed by atoms with Crippen LogP contribution in [0.25, 0.3) is 10.9 Å². The fourth-order valence-corrected chi connectivity index (χ4v) is 4.49. The van der Waals surface area contributed by atoms with Gasteiger partial charge in [-0.15, -0.1) is 0 Å². The predicted molar refractivity (Wildman–Crippen MR) is 175 cm³/mol. The Balaban J connectivity index is 0.000000339. The lowest BCUT2D eigenvalue weighted by molar-refractivity contribution is -0.130. The molecule has 2 fully saturated rings. The molecule has 0 radical (unpaired) electrons. The summed E-state index contributed by atoms with van der Waals surface area (Å²) in [6, 6.07) is 8.09. The molecule has 11 heteroatoms. The fraction of sp³-hybridized carbons (Fsp3) is 0.576. The van der Waals surface area contributed by atoms with Gasteiger partial charge >= 0.3 is 0 Å². The summed E-state index contributed by atoms with van der Waals surface area (Å²) in [6.45, 7) is 13.4. The van der Waals surface area contributed by atoms with Gasteiger partial charge in [0.15, 0.2) is 0 Å². The normalized spacial score (nSPS) is 16.8. The van der Waals surface area contributed by atoms with Gasteiger partial charge in [-0.3, -0.25) is 24.4 Å². The van der Waals surface area contributed by atoms with E-state index in [4.69, 9.17) is 5.21 Å². The summed E-state index contributed by atoms with van der Waals surface area (Å²) in [6.07, 6.45) is 12.0.